The lowest BCUT2D eigenvalue weighted by Gasteiger charge is -2.12. The number of rotatable bonds is 5. The summed E-state index contributed by atoms with van der Waals surface area (Å²) in [5, 5.41) is 2.75. The van der Waals surface area contributed by atoms with Gasteiger partial charge in [-0.2, -0.15) is 0 Å². The number of nitrogen functional groups attached to an aromatic ring is 1. The second-order valence-corrected chi connectivity index (χ2v) is 6.65. The Kier molecular flexibility index (Phi) is 4.62. The van der Waals surface area contributed by atoms with Crippen molar-refractivity contribution in [3.63, 3.8) is 0 Å². The number of carbonyl (C=O) groups excluding carboxylic acids is 1. The molecule has 0 aliphatic carbocycles. The van der Waals surface area contributed by atoms with Crippen LogP contribution >= 0.6 is 11.8 Å². The molecule has 0 radical (unpaired) electrons. The summed E-state index contributed by atoms with van der Waals surface area (Å²) in [6, 6.07) is 13.2. The maximum Gasteiger partial charge on any atom is 0.233 e. The standard InChI is InChI=1S/C17H18N2O3S/c1-11(23-14-5-3-13(18)4-6-14)17(20)19-9-12-2-7-15-16(8-12)22-10-21-15/h2-8,11H,9-10,18H2,1H3,(H,19,20). The van der Waals surface area contributed by atoms with Gasteiger partial charge < -0.3 is 20.5 Å². The number of hydrogen-bond acceptors (Lipinski definition) is 5. The van der Waals surface area contributed by atoms with Crippen LogP contribution in [0.2, 0.25) is 0 Å². The number of ether oxygens (including phenoxy) is 2. The summed E-state index contributed by atoms with van der Waals surface area (Å²) in [5.41, 5.74) is 7.36. The first-order valence-corrected chi connectivity index (χ1v) is 8.18. The third-order valence-electron chi connectivity index (χ3n) is 3.47. The van der Waals surface area contributed by atoms with Crippen LogP contribution in [0.3, 0.4) is 0 Å². The SMILES string of the molecule is CC(Sc1ccc(N)cc1)C(=O)NCc1ccc2c(c1)OCO2. The third-order valence-corrected chi connectivity index (χ3v) is 4.58. The van der Waals surface area contributed by atoms with E-state index in [1.807, 2.05) is 49.4 Å². The van der Waals surface area contributed by atoms with Gasteiger partial charge in [-0.05, 0) is 48.9 Å². The van der Waals surface area contributed by atoms with E-state index in [4.69, 9.17) is 15.2 Å². The number of benzene rings is 2. The smallest absolute Gasteiger partial charge is 0.233 e. The second-order valence-electron chi connectivity index (χ2n) is 5.23. The van der Waals surface area contributed by atoms with Crippen LogP contribution in [0.15, 0.2) is 47.4 Å². The molecule has 1 heterocycles. The lowest BCUT2D eigenvalue weighted by atomic mass is 10.2. The van der Waals surface area contributed by atoms with Crippen molar-refractivity contribution in [3.05, 3.63) is 48.0 Å². The predicted molar refractivity (Wildman–Crippen MR) is 90.6 cm³/mol. The van der Waals surface area contributed by atoms with Crippen LogP contribution in [0.1, 0.15) is 12.5 Å². The number of fused-ring (bicyclic) bond motifs is 1. The van der Waals surface area contributed by atoms with E-state index in [0.29, 0.717) is 12.2 Å². The number of anilines is 1. The molecule has 120 valence electrons. The van der Waals surface area contributed by atoms with Gasteiger partial charge in [0.05, 0.1) is 5.25 Å². The predicted octanol–water partition coefficient (Wildman–Crippen LogP) is 2.79. The molecule has 0 bridgehead atoms. The first-order valence-electron chi connectivity index (χ1n) is 7.30. The van der Waals surface area contributed by atoms with Crippen molar-refractivity contribution in [3.8, 4) is 11.5 Å². The first kappa shape index (κ1) is 15.6. The quantitative estimate of drug-likeness (QED) is 0.651. The summed E-state index contributed by atoms with van der Waals surface area (Å²) in [6.07, 6.45) is 0. The highest BCUT2D eigenvalue weighted by molar-refractivity contribution is 8.00. The monoisotopic (exact) mass is 330 g/mol. The van der Waals surface area contributed by atoms with Gasteiger partial charge in [0.25, 0.3) is 0 Å². The number of nitrogens with two attached hydrogens (primary N) is 1. The molecular formula is C17H18N2O3S. The maximum atomic E-state index is 12.2. The van der Waals surface area contributed by atoms with Crippen molar-refractivity contribution in [2.75, 3.05) is 12.5 Å². The normalized spacial score (nSPS) is 13.6. The van der Waals surface area contributed by atoms with Crippen molar-refractivity contribution in [1.82, 2.24) is 5.32 Å². The van der Waals surface area contributed by atoms with E-state index in [9.17, 15) is 4.79 Å². The minimum Gasteiger partial charge on any atom is -0.454 e. The molecule has 0 aromatic heterocycles. The molecule has 1 aliphatic rings. The Morgan fingerprint density at radius 1 is 1.22 bits per heavy atom. The lowest BCUT2D eigenvalue weighted by Crippen LogP contribution is -2.30. The van der Waals surface area contributed by atoms with Crippen molar-refractivity contribution in [1.29, 1.82) is 0 Å². The van der Waals surface area contributed by atoms with Gasteiger partial charge in [-0.3, -0.25) is 4.79 Å². The average Bonchev–Trinajstić information content (AvgIpc) is 3.02. The molecule has 2 aromatic carbocycles. The molecule has 0 saturated heterocycles. The summed E-state index contributed by atoms with van der Waals surface area (Å²) in [6.45, 7) is 2.60. The van der Waals surface area contributed by atoms with E-state index >= 15 is 0 Å². The Labute approximate surface area is 139 Å². The van der Waals surface area contributed by atoms with Crippen LogP contribution in [0.4, 0.5) is 5.69 Å². The van der Waals surface area contributed by atoms with E-state index in [-0.39, 0.29) is 18.0 Å². The van der Waals surface area contributed by atoms with Gasteiger partial charge in [-0.15, -0.1) is 11.8 Å². The van der Waals surface area contributed by atoms with E-state index < -0.39 is 0 Å². The maximum absolute atomic E-state index is 12.2. The van der Waals surface area contributed by atoms with E-state index in [1.165, 1.54) is 11.8 Å². The Balaban J connectivity index is 1.53. The minimum atomic E-state index is -0.187. The van der Waals surface area contributed by atoms with E-state index in [2.05, 4.69) is 5.32 Å². The Morgan fingerprint density at radius 2 is 1.96 bits per heavy atom. The molecule has 2 aromatic rings. The van der Waals surface area contributed by atoms with E-state index in [0.717, 1.165) is 22.0 Å². The number of nitrogens with one attached hydrogen (secondary N) is 1. The summed E-state index contributed by atoms with van der Waals surface area (Å²) in [5.74, 6) is 1.46. The summed E-state index contributed by atoms with van der Waals surface area (Å²) < 4.78 is 10.6. The molecule has 5 nitrogen and oxygen atoms in total. The van der Waals surface area contributed by atoms with Gasteiger partial charge in [-0.25, -0.2) is 0 Å². The number of carbonyl (C=O) groups is 1. The van der Waals surface area contributed by atoms with Crippen LogP contribution < -0.4 is 20.5 Å². The van der Waals surface area contributed by atoms with E-state index in [1.54, 1.807) is 0 Å². The Bertz CT molecular complexity index is 703. The molecule has 23 heavy (non-hydrogen) atoms. The van der Waals surface area contributed by atoms with Crippen LogP contribution in [0.25, 0.3) is 0 Å². The van der Waals surface area contributed by atoms with Gasteiger partial charge in [0.2, 0.25) is 12.7 Å². The molecule has 1 amide bonds. The fourth-order valence-electron chi connectivity index (χ4n) is 2.19. The van der Waals surface area contributed by atoms with Gasteiger partial charge in [-0.1, -0.05) is 6.07 Å². The summed E-state index contributed by atoms with van der Waals surface area (Å²) in [4.78, 5) is 13.2. The Hall–Kier alpha value is -2.34. The van der Waals surface area contributed by atoms with Gasteiger partial charge in [0.1, 0.15) is 0 Å². The van der Waals surface area contributed by atoms with Crippen LogP contribution in [-0.4, -0.2) is 18.0 Å². The lowest BCUT2D eigenvalue weighted by molar-refractivity contribution is -0.120. The zero-order valence-corrected chi connectivity index (χ0v) is 13.6. The van der Waals surface area contributed by atoms with Crippen molar-refractivity contribution in [2.24, 2.45) is 0 Å². The van der Waals surface area contributed by atoms with Crippen molar-refractivity contribution < 1.29 is 14.3 Å². The molecule has 3 rings (SSSR count). The van der Waals surface area contributed by atoms with Gasteiger partial charge in [0, 0.05) is 17.1 Å². The first-order chi connectivity index (χ1) is 11.1. The third kappa shape index (κ3) is 3.90. The molecule has 0 spiro atoms. The van der Waals surface area contributed by atoms with Crippen LogP contribution in [-0.2, 0) is 11.3 Å². The highest BCUT2D eigenvalue weighted by Crippen LogP contribution is 2.32. The van der Waals surface area contributed by atoms with Crippen molar-refractivity contribution >= 4 is 23.4 Å². The van der Waals surface area contributed by atoms with Crippen molar-refractivity contribution in [2.45, 2.75) is 23.6 Å². The van der Waals surface area contributed by atoms with Gasteiger partial charge in [0.15, 0.2) is 11.5 Å². The summed E-state index contributed by atoms with van der Waals surface area (Å²) >= 11 is 1.50. The molecular weight excluding hydrogens is 312 g/mol. The minimum absolute atomic E-state index is 0.00973. The molecule has 1 atom stereocenters. The fourth-order valence-corrected chi connectivity index (χ4v) is 3.08. The highest BCUT2D eigenvalue weighted by Gasteiger charge is 2.16. The molecule has 0 fully saturated rings. The topological polar surface area (TPSA) is 73.6 Å². The molecule has 6 heteroatoms. The Morgan fingerprint density at radius 3 is 2.74 bits per heavy atom. The number of amides is 1. The second kappa shape index (κ2) is 6.83. The number of hydrogen-bond donors (Lipinski definition) is 2. The molecule has 1 aliphatic heterocycles. The highest BCUT2D eigenvalue weighted by atomic mass is 32.2. The van der Waals surface area contributed by atoms with Gasteiger partial charge >= 0.3 is 0 Å². The molecule has 3 N–H and O–H groups in total. The zero-order valence-electron chi connectivity index (χ0n) is 12.7. The molecule has 1 unspecified atom stereocenters. The van der Waals surface area contributed by atoms with Crippen LogP contribution in [0, 0.1) is 0 Å². The molecule has 0 saturated carbocycles. The average molecular weight is 330 g/mol. The largest absolute Gasteiger partial charge is 0.454 e. The fraction of sp³-hybridized carbons (Fsp3) is 0.235. The summed E-state index contributed by atoms with van der Waals surface area (Å²) in [7, 11) is 0. The zero-order chi connectivity index (χ0) is 16.2. The number of thioether (sulfide) groups is 1. The van der Waals surface area contributed by atoms with Crippen LogP contribution in [0.5, 0.6) is 11.5 Å².